The number of methoxy groups -OCH3 is 2. The first-order chi connectivity index (χ1) is 8.72. The van der Waals surface area contributed by atoms with E-state index in [4.69, 9.17) is 15.3 Å². The van der Waals surface area contributed by atoms with Gasteiger partial charge in [-0.2, -0.15) is 0 Å². The van der Waals surface area contributed by atoms with Crippen molar-refractivity contribution in [2.24, 2.45) is 10.8 Å². The number of guanidine groups is 1. The minimum Gasteiger partial charge on any atom is -0.497 e. The van der Waals surface area contributed by atoms with E-state index >= 15 is 0 Å². The fraction of sp³-hybridized carbons (Fsp3) is 0.417. The van der Waals surface area contributed by atoms with Crippen molar-refractivity contribution in [3.8, 4) is 5.75 Å². The maximum atomic E-state index is 5.47. The zero-order valence-electron chi connectivity index (χ0n) is 11.0. The third kappa shape index (κ3) is 3.90. The van der Waals surface area contributed by atoms with Crippen LogP contribution in [0, 0.1) is 0 Å². The van der Waals surface area contributed by atoms with Crippen molar-refractivity contribution in [2.45, 2.75) is 0 Å². The maximum absolute atomic E-state index is 5.47. The Labute approximate surface area is 107 Å². The molecule has 6 nitrogen and oxygen atoms in total. The van der Waals surface area contributed by atoms with Gasteiger partial charge in [0, 0.05) is 25.9 Å². The predicted octanol–water partition coefficient (Wildman–Crippen LogP) is 0.597. The topological polar surface area (TPSA) is 72.1 Å². The third-order valence-electron chi connectivity index (χ3n) is 2.44. The van der Waals surface area contributed by atoms with E-state index in [0.717, 1.165) is 11.4 Å². The lowest BCUT2D eigenvalue weighted by molar-refractivity contribution is 0.208. The third-order valence-corrected chi connectivity index (χ3v) is 2.44. The molecule has 0 aliphatic carbocycles. The van der Waals surface area contributed by atoms with Crippen LogP contribution in [-0.2, 0) is 4.74 Å². The number of rotatable bonds is 5. The largest absolute Gasteiger partial charge is 0.497 e. The summed E-state index contributed by atoms with van der Waals surface area (Å²) in [5, 5.41) is 0. The second-order valence-corrected chi connectivity index (χ2v) is 3.60. The molecule has 1 aromatic carbocycles. The quantitative estimate of drug-likeness (QED) is 0.264. The van der Waals surface area contributed by atoms with Gasteiger partial charge in [0.25, 0.3) is 0 Å². The molecule has 0 aliphatic rings. The summed E-state index contributed by atoms with van der Waals surface area (Å²) in [4.78, 5) is 6.15. The van der Waals surface area contributed by atoms with Crippen LogP contribution in [-0.4, -0.2) is 40.4 Å². The number of hydrazine groups is 1. The first-order valence-electron chi connectivity index (χ1n) is 5.60. The lowest BCUT2D eigenvalue weighted by atomic mass is 10.3. The number of ether oxygens (including phenoxy) is 2. The molecule has 0 radical (unpaired) electrons. The maximum Gasteiger partial charge on any atom is 0.212 e. The lowest BCUT2D eigenvalue weighted by Gasteiger charge is -2.21. The fourth-order valence-corrected chi connectivity index (χ4v) is 1.43. The summed E-state index contributed by atoms with van der Waals surface area (Å²) in [6.07, 6.45) is 0. The summed E-state index contributed by atoms with van der Waals surface area (Å²) in [5.74, 6) is 6.82. The lowest BCUT2D eigenvalue weighted by Crippen LogP contribution is -2.43. The van der Waals surface area contributed by atoms with Gasteiger partial charge in [0.15, 0.2) is 0 Å². The number of anilines is 1. The van der Waals surface area contributed by atoms with E-state index in [1.165, 1.54) is 0 Å². The van der Waals surface area contributed by atoms with E-state index in [2.05, 4.69) is 10.4 Å². The predicted molar refractivity (Wildman–Crippen MR) is 72.9 cm³/mol. The van der Waals surface area contributed by atoms with Gasteiger partial charge in [-0.3, -0.25) is 5.43 Å². The highest BCUT2D eigenvalue weighted by atomic mass is 16.5. The second kappa shape index (κ2) is 7.52. The van der Waals surface area contributed by atoms with Crippen molar-refractivity contribution in [1.29, 1.82) is 0 Å². The Kier molecular flexibility index (Phi) is 5.96. The number of nitrogens with one attached hydrogen (secondary N) is 1. The highest BCUT2D eigenvalue weighted by molar-refractivity contribution is 5.95. The number of nitrogens with two attached hydrogens (primary N) is 1. The molecule has 18 heavy (non-hydrogen) atoms. The molecule has 0 amide bonds. The van der Waals surface area contributed by atoms with E-state index < -0.39 is 0 Å². The molecule has 1 aromatic rings. The van der Waals surface area contributed by atoms with Crippen molar-refractivity contribution in [1.82, 2.24) is 5.43 Å². The number of aliphatic imine (C=N–C) groups is 1. The van der Waals surface area contributed by atoms with Crippen molar-refractivity contribution in [2.75, 3.05) is 39.3 Å². The molecule has 3 N–H and O–H groups in total. The summed E-state index contributed by atoms with van der Waals surface area (Å²) in [7, 11) is 5.14. The molecule has 1 rings (SSSR count). The van der Waals surface area contributed by atoms with Crippen LogP contribution < -0.4 is 20.9 Å². The molecule has 0 unspecified atom stereocenters. The highest BCUT2D eigenvalue weighted by Gasteiger charge is 2.07. The van der Waals surface area contributed by atoms with Crippen LogP contribution in [0.15, 0.2) is 29.3 Å². The van der Waals surface area contributed by atoms with Gasteiger partial charge in [-0.15, -0.1) is 0 Å². The average molecular weight is 252 g/mol. The Hall–Kier alpha value is -1.79. The summed E-state index contributed by atoms with van der Waals surface area (Å²) >= 11 is 0. The second-order valence-electron chi connectivity index (χ2n) is 3.60. The van der Waals surface area contributed by atoms with Crippen LogP contribution in [0.1, 0.15) is 0 Å². The Balaban J connectivity index is 2.81. The molecule has 0 spiro atoms. The zero-order chi connectivity index (χ0) is 13.4. The van der Waals surface area contributed by atoms with Crippen LogP contribution in [0.4, 0.5) is 5.69 Å². The Morgan fingerprint density at radius 3 is 2.83 bits per heavy atom. The van der Waals surface area contributed by atoms with Gasteiger partial charge in [0.05, 0.1) is 20.3 Å². The molecule has 6 heteroatoms. The summed E-state index contributed by atoms with van der Waals surface area (Å²) < 4.78 is 10.1. The summed E-state index contributed by atoms with van der Waals surface area (Å²) in [6, 6.07) is 7.65. The first kappa shape index (κ1) is 14.3. The fourth-order valence-electron chi connectivity index (χ4n) is 1.43. The van der Waals surface area contributed by atoms with Gasteiger partial charge in [0.1, 0.15) is 5.75 Å². The molecular formula is C12H20N4O2. The van der Waals surface area contributed by atoms with Gasteiger partial charge in [0.2, 0.25) is 5.96 Å². The number of hydrogen-bond donors (Lipinski definition) is 2. The Bertz CT molecular complexity index is 395. The molecule has 0 saturated carbocycles. The van der Waals surface area contributed by atoms with E-state index in [1.807, 2.05) is 36.2 Å². The SMILES string of the molecule is COCCN=C(NN)N(C)c1cccc(OC)c1. The van der Waals surface area contributed by atoms with Crippen LogP contribution in [0.25, 0.3) is 0 Å². The Morgan fingerprint density at radius 1 is 1.44 bits per heavy atom. The standard InChI is InChI=1S/C12H20N4O2/c1-16(12(15-13)14-7-8-17-2)10-5-4-6-11(9-10)18-3/h4-6,9H,7-8,13H2,1-3H3,(H,14,15). The van der Waals surface area contributed by atoms with Gasteiger partial charge in [-0.1, -0.05) is 6.07 Å². The number of nitrogens with zero attached hydrogens (tertiary/aromatic N) is 2. The summed E-state index contributed by atoms with van der Waals surface area (Å²) in [5.41, 5.74) is 3.51. The highest BCUT2D eigenvalue weighted by Crippen LogP contribution is 2.19. The molecular weight excluding hydrogens is 232 g/mol. The molecule has 0 atom stereocenters. The molecule has 0 saturated heterocycles. The van der Waals surface area contributed by atoms with Gasteiger partial charge < -0.3 is 14.4 Å². The van der Waals surface area contributed by atoms with Crippen LogP contribution >= 0.6 is 0 Å². The first-order valence-corrected chi connectivity index (χ1v) is 5.60. The molecule has 0 aromatic heterocycles. The van der Waals surface area contributed by atoms with Crippen LogP contribution in [0.5, 0.6) is 5.75 Å². The van der Waals surface area contributed by atoms with Gasteiger partial charge in [-0.25, -0.2) is 10.8 Å². The minimum atomic E-state index is 0.546. The normalized spacial score (nSPS) is 11.2. The molecule has 0 fully saturated rings. The monoisotopic (exact) mass is 252 g/mol. The minimum absolute atomic E-state index is 0.546. The van der Waals surface area contributed by atoms with Crippen molar-refractivity contribution >= 4 is 11.6 Å². The van der Waals surface area contributed by atoms with Crippen molar-refractivity contribution in [3.05, 3.63) is 24.3 Å². The molecule has 0 bridgehead atoms. The smallest absolute Gasteiger partial charge is 0.212 e. The van der Waals surface area contributed by atoms with Crippen LogP contribution in [0.3, 0.4) is 0 Å². The molecule has 100 valence electrons. The average Bonchev–Trinajstić information content (AvgIpc) is 2.43. The van der Waals surface area contributed by atoms with E-state index in [9.17, 15) is 0 Å². The van der Waals surface area contributed by atoms with E-state index in [0.29, 0.717) is 19.1 Å². The number of benzene rings is 1. The van der Waals surface area contributed by atoms with E-state index in [-0.39, 0.29) is 0 Å². The van der Waals surface area contributed by atoms with Crippen molar-refractivity contribution in [3.63, 3.8) is 0 Å². The van der Waals surface area contributed by atoms with Crippen molar-refractivity contribution < 1.29 is 9.47 Å². The molecule has 0 aliphatic heterocycles. The number of hydrogen-bond acceptors (Lipinski definition) is 4. The molecule has 0 heterocycles. The Morgan fingerprint density at radius 2 is 2.22 bits per heavy atom. The van der Waals surface area contributed by atoms with E-state index in [1.54, 1.807) is 14.2 Å². The van der Waals surface area contributed by atoms with Gasteiger partial charge >= 0.3 is 0 Å². The summed E-state index contributed by atoms with van der Waals surface area (Å²) in [6.45, 7) is 1.10. The van der Waals surface area contributed by atoms with Gasteiger partial charge in [-0.05, 0) is 12.1 Å². The van der Waals surface area contributed by atoms with Crippen LogP contribution in [0.2, 0.25) is 0 Å². The zero-order valence-corrected chi connectivity index (χ0v) is 11.0.